The van der Waals surface area contributed by atoms with Gasteiger partial charge in [0.25, 0.3) is 0 Å². The van der Waals surface area contributed by atoms with Gasteiger partial charge in [0.1, 0.15) is 5.52 Å². The number of rotatable bonds is 4. The molecule has 2 rings (SSSR count). The van der Waals surface area contributed by atoms with Crippen LogP contribution in [0.1, 0.15) is 20.3 Å². The largest absolute Gasteiger partial charge is 0.393 e. The Hall–Kier alpha value is -1.75. The summed E-state index contributed by atoms with van der Waals surface area (Å²) in [6, 6.07) is 7.70. The number of nitrogens with one attached hydrogen (secondary N) is 1. The van der Waals surface area contributed by atoms with Gasteiger partial charge in [0.05, 0.1) is 11.6 Å². The molecule has 1 aromatic carbocycles. The maximum atomic E-state index is 9.28. The van der Waals surface area contributed by atoms with Gasteiger partial charge in [0, 0.05) is 6.04 Å². The molecule has 5 nitrogen and oxygen atoms in total. The second-order valence-corrected chi connectivity index (χ2v) is 4.25. The van der Waals surface area contributed by atoms with Gasteiger partial charge in [-0.25, -0.2) is 4.98 Å². The highest BCUT2D eigenvalue weighted by Gasteiger charge is 2.08. The molecule has 90 valence electrons. The van der Waals surface area contributed by atoms with E-state index in [4.69, 9.17) is 0 Å². The summed E-state index contributed by atoms with van der Waals surface area (Å²) in [6.07, 6.45) is 0.307. The SMILES string of the molecule is CC(O)CC(C)Nc1nnc2ccccc2n1. The first-order valence-corrected chi connectivity index (χ1v) is 5.69. The molecule has 0 spiro atoms. The van der Waals surface area contributed by atoms with Gasteiger partial charge in [-0.05, 0) is 32.4 Å². The molecule has 0 radical (unpaired) electrons. The van der Waals surface area contributed by atoms with Gasteiger partial charge >= 0.3 is 0 Å². The second kappa shape index (κ2) is 5.05. The smallest absolute Gasteiger partial charge is 0.243 e. The molecule has 1 heterocycles. The molecule has 0 aliphatic heterocycles. The van der Waals surface area contributed by atoms with E-state index >= 15 is 0 Å². The fraction of sp³-hybridized carbons (Fsp3) is 0.417. The van der Waals surface area contributed by atoms with Gasteiger partial charge in [-0.2, -0.15) is 0 Å². The molecule has 17 heavy (non-hydrogen) atoms. The molecule has 0 amide bonds. The van der Waals surface area contributed by atoms with Crippen LogP contribution in [0.5, 0.6) is 0 Å². The Morgan fingerprint density at radius 2 is 1.88 bits per heavy atom. The maximum absolute atomic E-state index is 9.28. The van der Waals surface area contributed by atoms with Crippen LogP contribution in [0.4, 0.5) is 5.95 Å². The van der Waals surface area contributed by atoms with E-state index in [0.29, 0.717) is 12.4 Å². The summed E-state index contributed by atoms with van der Waals surface area (Å²) in [6.45, 7) is 3.74. The van der Waals surface area contributed by atoms with Crippen molar-refractivity contribution in [1.29, 1.82) is 0 Å². The number of fused-ring (bicyclic) bond motifs is 1. The van der Waals surface area contributed by atoms with Crippen molar-refractivity contribution in [3.8, 4) is 0 Å². The zero-order valence-corrected chi connectivity index (χ0v) is 9.96. The lowest BCUT2D eigenvalue weighted by Gasteiger charge is -2.14. The van der Waals surface area contributed by atoms with Gasteiger partial charge in [0.15, 0.2) is 0 Å². The fourth-order valence-corrected chi connectivity index (χ4v) is 1.73. The Balaban J connectivity index is 2.14. The summed E-state index contributed by atoms with van der Waals surface area (Å²) in [5.74, 6) is 0.497. The first-order chi connectivity index (χ1) is 8.15. The van der Waals surface area contributed by atoms with E-state index in [1.165, 1.54) is 0 Å². The number of para-hydroxylation sites is 1. The third-order valence-electron chi connectivity index (χ3n) is 2.43. The van der Waals surface area contributed by atoms with E-state index in [1.54, 1.807) is 6.92 Å². The van der Waals surface area contributed by atoms with Crippen LogP contribution in [0.2, 0.25) is 0 Å². The van der Waals surface area contributed by atoms with Crippen molar-refractivity contribution in [2.24, 2.45) is 0 Å². The molecule has 0 saturated heterocycles. The first kappa shape index (κ1) is 11.7. The lowest BCUT2D eigenvalue weighted by atomic mass is 10.2. The van der Waals surface area contributed by atoms with Crippen molar-refractivity contribution in [1.82, 2.24) is 15.2 Å². The van der Waals surface area contributed by atoms with Gasteiger partial charge in [-0.15, -0.1) is 10.2 Å². The summed E-state index contributed by atoms with van der Waals surface area (Å²) in [7, 11) is 0. The van der Waals surface area contributed by atoms with Crippen LogP contribution in [0.15, 0.2) is 24.3 Å². The molecule has 2 aromatic rings. The number of nitrogens with zero attached hydrogens (tertiary/aromatic N) is 3. The number of aromatic nitrogens is 3. The van der Waals surface area contributed by atoms with E-state index in [2.05, 4.69) is 20.5 Å². The average Bonchev–Trinajstić information content (AvgIpc) is 2.27. The molecule has 0 aliphatic rings. The number of aliphatic hydroxyl groups is 1. The zero-order chi connectivity index (χ0) is 12.3. The topological polar surface area (TPSA) is 70.9 Å². The summed E-state index contributed by atoms with van der Waals surface area (Å²) >= 11 is 0. The Kier molecular flexibility index (Phi) is 3.49. The Morgan fingerprint density at radius 1 is 1.18 bits per heavy atom. The van der Waals surface area contributed by atoms with Crippen molar-refractivity contribution < 1.29 is 5.11 Å². The molecule has 0 fully saturated rings. The Morgan fingerprint density at radius 3 is 2.59 bits per heavy atom. The van der Waals surface area contributed by atoms with Gasteiger partial charge in [-0.1, -0.05) is 12.1 Å². The minimum absolute atomic E-state index is 0.109. The van der Waals surface area contributed by atoms with Crippen LogP contribution in [-0.4, -0.2) is 32.4 Å². The van der Waals surface area contributed by atoms with E-state index in [0.717, 1.165) is 11.0 Å². The molecule has 0 aliphatic carbocycles. The van der Waals surface area contributed by atoms with E-state index < -0.39 is 0 Å². The molecular weight excluding hydrogens is 216 g/mol. The van der Waals surface area contributed by atoms with E-state index in [-0.39, 0.29) is 12.1 Å². The highest BCUT2D eigenvalue weighted by Crippen LogP contribution is 2.10. The Bertz CT molecular complexity index is 501. The number of hydrogen-bond donors (Lipinski definition) is 2. The highest BCUT2D eigenvalue weighted by atomic mass is 16.3. The van der Waals surface area contributed by atoms with Gasteiger partial charge in [0.2, 0.25) is 5.95 Å². The first-order valence-electron chi connectivity index (χ1n) is 5.69. The maximum Gasteiger partial charge on any atom is 0.243 e. The van der Waals surface area contributed by atoms with Crippen LogP contribution in [0.25, 0.3) is 11.0 Å². The molecular formula is C12H16N4O. The fourth-order valence-electron chi connectivity index (χ4n) is 1.73. The lowest BCUT2D eigenvalue weighted by molar-refractivity contribution is 0.179. The summed E-state index contributed by atoms with van der Waals surface area (Å²) < 4.78 is 0. The third-order valence-corrected chi connectivity index (χ3v) is 2.43. The molecule has 0 bridgehead atoms. The van der Waals surface area contributed by atoms with Crippen molar-refractivity contribution >= 4 is 17.0 Å². The van der Waals surface area contributed by atoms with Crippen LogP contribution in [0, 0.1) is 0 Å². The molecule has 2 atom stereocenters. The quantitative estimate of drug-likeness (QED) is 0.837. The Labute approximate surface area is 99.9 Å². The molecule has 1 aromatic heterocycles. The predicted octanol–water partition coefficient (Wildman–Crippen LogP) is 1.60. The van der Waals surface area contributed by atoms with Crippen LogP contribution >= 0.6 is 0 Å². The zero-order valence-electron chi connectivity index (χ0n) is 9.96. The minimum atomic E-state index is -0.342. The lowest BCUT2D eigenvalue weighted by Crippen LogP contribution is -2.22. The monoisotopic (exact) mass is 232 g/mol. The second-order valence-electron chi connectivity index (χ2n) is 4.25. The van der Waals surface area contributed by atoms with Crippen molar-refractivity contribution in [2.45, 2.75) is 32.4 Å². The summed E-state index contributed by atoms with van der Waals surface area (Å²) in [5, 5.41) is 20.5. The van der Waals surface area contributed by atoms with Crippen LogP contribution in [-0.2, 0) is 0 Å². The molecule has 2 N–H and O–H groups in total. The van der Waals surface area contributed by atoms with E-state index in [1.807, 2.05) is 31.2 Å². The standard InChI is InChI=1S/C12H16N4O/c1-8(7-9(2)17)13-12-14-10-5-3-4-6-11(10)15-16-12/h3-6,8-9,17H,7H2,1-2H3,(H,13,14,16). The van der Waals surface area contributed by atoms with Crippen molar-refractivity contribution in [3.05, 3.63) is 24.3 Å². The van der Waals surface area contributed by atoms with Crippen molar-refractivity contribution in [2.75, 3.05) is 5.32 Å². The van der Waals surface area contributed by atoms with Crippen molar-refractivity contribution in [3.63, 3.8) is 0 Å². The predicted molar refractivity (Wildman–Crippen MR) is 66.7 cm³/mol. The molecule has 0 saturated carbocycles. The summed E-state index contributed by atoms with van der Waals surface area (Å²) in [5.41, 5.74) is 1.59. The average molecular weight is 232 g/mol. The van der Waals surface area contributed by atoms with Gasteiger partial charge in [-0.3, -0.25) is 0 Å². The minimum Gasteiger partial charge on any atom is -0.393 e. The van der Waals surface area contributed by atoms with Crippen LogP contribution in [0.3, 0.4) is 0 Å². The molecule has 2 unspecified atom stereocenters. The summed E-state index contributed by atoms with van der Waals surface area (Å²) in [4.78, 5) is 4.36. The number of benzene rings is 1. The third kappa shape index (κ3) is 3.10. The molecule has 5 heteroatoms. The van der Waals surface area contributed by atoms with Gasteiger partial charge < -0.3 is 10.4 Å². The number of hydrogen-bond acceptors (Lipinski definition) is 5. The highest BCUT2D eigenvalue weighted by molar-refractivity contribution is 5.74. The van der Waals surface area contributed by atoms with Crippen LogP contribution < -0.4 is 5.32 Å². The number of anilines is 1. The number of aliphatic hydroxyl groups excluding tert-OH is 1. The van der Waals surface area contributed by atoms with E-state index in [9.17, 15) is 5.11 Å². The normalized spacial score (nSPS) is 14.5.